The molecule has 0 unspecified atom stereocenters. The van der Waals surface area contributed by atoms with Gasteiger partial charge in [0.05, 0.1) is 32.1 Å². The van der Waals surface area contributed by atoms with Gasteiger partial charge >= 0.3 is 0 Å². The molecule has 0 atom stereocenters. The van der Waals surface area contributed by atoms with Gasteiger partial charge in [0.25, 0.3) is 0 Å². The second-order valence-corrected chi connectivity index (χ2v) is 7.62. The first-order valence-electron chi connectivity index (χ1n) is 10.8. The average Bonchev–Trinajstić information content (AvgIpc) is 2.80. The summed E-state index contributed by atoms with van der Waals surface area (Å²) in [5, 5.41) is 8.62. The Labute approximate surface area is 183 Å². The molecule has 2 saturated heterocycles. The maximum absolute atomic E-state index is 6.00. The minimum absolute atomic E-state index is 0.298. The number of azo groups is 1. The quantitative estimate of drug-likeness (QED) is 0.600. The second-order valence-electron chi connectivity index (χ2n) is 7.62. The van der Waals surface area contributed by atoms with Crippen LogP contribution in [0.5, 0.6) is 5.88 Å². The number of aromatic nitrogens is 2. The van der Waals surface area contributed by atoms with E-state index < -0.39 is 0 Å². The Hall–Kier alpha value is -2.62. The van der Waals surface area contributed by atoms with Crippen LogP contribution >= 0.6 is 0 Å². The Morgan fingerprint density at radius 2 is 1.77 bits per heavy atom. The molecule has 0 spiro atoms. The van der Waals surface area contributed by atoms with Crippen molar-refractivity contribution < 1.29 is 14.2 Å². The number of nitrogens with zero attached hydrogens (tertiary/aromatic N) is 6. The fourth-order valence-electron chi connectivity index (χ4n) is 3.53. The summed E-state index contributed by atoms with van der Waals surface area (Å²) in [7, 11) is 0. The minimum atomic E-state index is 0.298. The Morgan fingerprint density at radius 1 is 1.00 bits per heavy atom. The monoisotopic (exact) mass is 426 g/mol. The molecule has 0 radical (unpaired) electrons. The molecule has 4 rings (SSSR count). The highest BCUT2D eigenvalue weighted by Crippen LogP contribution is 2.20. The molecule has 0 saturated carbocycles. The molecule has 166 valence electrons. The smallest absolute Gasteiger partial charge is 0.218 e. The summed E-state index contributed by atoms with van der Waals surface area (Å²) in [5.74, 6) is 2.02. The maximum Gasteiger partial charge on any atom is 0.218 e. The molecule has 9 nitrogen and oxygen atoms in total. The Kier molecular flexibility index (Phi) is 7.76. The lowest BCUT2D eigenvalue weighted by atomic mass is 10.2. The van der Waals surface area contributed by atoms with Gasteiger partial charge in [0.1, 0.15) is 19.0 Å². The van der Waals surface area contributed by atoms with Crippen LogP contribution in [-0.4, -0.2) is 80.6 Å². The zero-order valence-electron chi connectivity index (χ0n) is 18.1. The molecule has 0 aliphatic carbocycles. The van der Waals surface area contributed by atoms with E-state index in [0.29, 0.717) is 38.1 Å². The number of morpholine rings is 2. The lowest BCUT2D eigenvalue weighted by Crippen LogP contribution is -2.38. The molecule has 2 fully saturated rings. The molecule has 1 aromatic heterocycles. The van der Waals surface area contributed by atoms with Crippen LogP contribution < -0.4 is 9.64 Å². The van der Waals surface area contributed by atoms with Crippen molar-refractivity contribution in [3.63, 3.8) is 0 Å². The summed E-state index contributed by atoms with van der Waals surface area (Å²) in [4.78, 5) is 13.8. The summed E-state index contributed by atoms with van der Waals surface area (Å²) < 4.78 is 16.9. The number of benzene rings is 1. The summed E-state index contributed by atoms with van der Waals surface area (Å²) in [6.07, 6.45) is 0. The fraction of sp³-hybridized carbons (Fsp3) is 0.545. The van der Waals surface area contributed by atoms with Crippen molar-refractivity contribution >= 4 is 11.5 Å². The number of aryl methyl sites for hydroxylation is 1. The van der Waals surface area contributed by atoms with Crippen LogP contribution in [0.3, 0.4) is 0 Å². The molecule has 0 N–H and O–H groups in total. The van der Waals surface area contributed by atoms with E-state index in [-0.39, 0.29) is 0 Å². The highest BCUT2D eigenvalue weighted by atomic mass is 16.5. The lowest BCUT2D eigenvalue weighted by Gasteiger charge is -2.28. The van der Waals surface area contributed by atoms with E-state index in [1.807, 2.05) is 37.3 Å². The van der Waals surface area contributed by atoms with E-state index in [0.717, 1.165) is 63.0 Å². The van der Waals surface area contributed by atoms with Crippen molar-refractivity contribution in [1.29, 1.82) is 0 Å². The number of hydrogen-bond donors (Lipinski definition) is 0. The molecule has 0 amide bonds. The lowest BCUT2D eigenvalue weighted by molar-refractivity contribution is 0.0320. The normalized spacial score (nSPS) is 17.9. The second kappa shape index (κ2) is 11.1. The first kappa shape index (κ1) is 21.6. The predicted octanol–water partition coefficient (Wildman–Crippen LogP) is 2.62. The SMILES string of the molecule is Cc1cccc(N=NCc2nc(OCCN3CCOCC3)cc(N3CCOCC3)n2)c1. The topological polar surface area (TPSA) is 84.7 Å². The van der Waals surface area contributed by atoms with Gasteiger partial charge in [-0.15, -0.1) is 0 Å². The van der Waals surface area contributed by atoms with Crippen molar-refractivity contribution in [3.8, 4) is 5.88 Å². The highest BCUT2D eigenvalue weighted by molar-refractivity contribution is 5.42. The third kappa shape index (κ3) is 6.68. The van der Waals surface area contributed by atoms with E-state index in [9.17, 15) is 0 Å². The van der Waals surface area contributed by atoms with Gasteiger partial charge in [0, 0.05) is 38.8 Å². The Bertz CT molecular complexity index is 866. The molecule has 3 heterocycles. The number of hydrogen-bond acceptors (Lipinski definition) is 9. The number of anilines is 1. The van der Waals surface area contributed by atoms with E-state index >= 15 is 0 Å². The summed E-state index contributed by atoms with van der Waals surface area (Å²) in [6.45, 7) is 10.2. The third-order valence-corrected chi connectivity index (χ3v) is 5.23. The van der Waals surface area contributed by atoms with Gasteiger partial charge in [-0.05, 0) is 24.6 Å². The number of ether oxygens (including phenoxy) is 3. The van der Waals surface area contributed by atoms with Crippen molar-refractivity contribution in [2.75, 3.05) is 70.7 Å². The summed E-state index contributed by atoms with van der Waals surface area (Å²) in [5.41, 5.74) is 1.98. The fourth-order valence-corrected chi connectivity index (χ4v) is 3.53. The molecule has 2 aromatic rings. The van der Waals surface area contributed by atoms with Crippen LogP contribution in [0, 0.1) is 6.92 Å². The van der Waals surface area contributed by atoms with E-state index in [1.54, 1.807) is 0 Å². The molecule has 9 heteroatoms. The van der Waals surface area contributed by atoms with Crippen LogP contribution in [0.4, 0.5) is 11.5 Å². The summed E-state index contributed by atoms with van der Waals surface area (Å²) >= 11 is 0. The first-order chi connectivity index (χ1) is 15.3. The molecule has 1 aromatic carbocycles. The first-order valence-corrected chi connectivity index (χ1v) is 10.8. The van der Waals surface area contributed by atoms with E-state index in [1.165, 1.54) is 0 Å². The van der Waals surface area contributed by atoms with Gasteiger partial charge in [-0.2, -0.15) is 15.2 Å². The van der Waals surface area contributed by atoms with Crippen LogP contribution in [0.25, 0.3) is 0 Å². The average molecular weight is 427 g/mol. The standard InChI is InChI=1S/C22H30N6O3/c1-18-3-2-4-19(15-18)26-23-17-20-24-21(28-8-12-30-13-9-28)16-22(25-20)31-14-7-27-5-10-29-11-6-27/h2-4,15-16H,5-14,17H2,1H3. The van der Waals surface area contributed by atoms with Gasteiger partial charge < -0.3 is 19.1 Å². The molecule has 2 aliphatic heterocycles. The van der Waals surface area contributed by atoms with Crippen LogP contribution in [0.15, 0.2) is 40.6 Å². The van der Waals surface area contributed by atoms with Gasteiger partial charge in [0.15, 0.2) is 5.82 Å². The largest absolute Gasteiger partial charge is 0.476 e. The van der Waals surface area contributed by atoms with Gasteiger partial charge in [0.2, 0.25) is 5.88 Å². The zero-order valence-corrected chi connectivity index (χ0v) is 18.1. The zero-order chi connectivity index (χ0) is 21.3. The van der Waals surface area contributed by atoms with Crippen LogP contribution in [0.1, 0.15) is 11.4 Å². The third-order valence-electron chi connectivity index (χ3n) is 5.23. The predicted molar refractivity (Wildman–Crippen MR) is 117 cm³/mol. The highest BCUT2D eigenvalue weighted by Gasteiger charge is 2.16. The van der Waals surface area contributed by atoms with E-state index in [2.05, 4.69) is 25.0 Å². The molecular weight excluding hydrogens is 396 g/mol. The van der Waals surface area contributed by atoms with Crippen molar-refractivity contribution in [2.24, 2.45) is 10.2 Å². The Morgan fingerprint density at radius 3 is 2.55 bits per heavy atom. The Balaban J connectivity index is 1.43. The van der Waals surface area contributed by atoms with Gasteiger partial charge in [-0.25, -0.2) is 4.98 Å². The minimum Gasteiger partial charge on any atom is -0.476 e. The molecule has 2 aliphatic rings. The van der Waals surface area contributed by atoms with Gasteiger partial charge in [-0.1, -0.05) is 12.1 Å². The van der Waals surface area contributed by atoms with Crippen molar-refractivity contribution in [3.05, 3.63) is 41.7 Å². The number of rotatable bonds is 8. The summed E-state index contributed by atoms with van der Waals surface area (Å²) in [6, 6.07) is 9.84. The van der Waals surface area contributed by atoms with Crippen LogP contribution in [0.2, 0.25) is 0 Å². The molecule has 0 bridgehead atoms. The van der Waals surface area contributed by atoms with E-state index in [4.69, 9.17) is 19.2 Å². The van der Waals surface area contributed by atoms with Crippen molar-refractivity contribution in [1.82, 2.24) is 14.9 Å². The molecular formula is C22H30N6O3. The molecule has 31 heavy (non-hydrogen) atoms. The maximum atomic E-state index is 6.00. The van der Waals surface area contributed by atoms with Crippen molar-refractivity contribution in [2.45, 2.75) is 13.5 Å². The van der Waals surface area contributed by atoms with Gasteiger partial charge in [-0.3, -0.25) is 4.90 Å². The van der Waals surface area contributed by atoms with Crippen LogP contribution in [-0.2, 0) is 16.0 Å².